The Labute approximate surface area is 108 Å². The molecule has 0 atom stereocenters. The molecule has 3 nitrogen and oxygen atoms in total. The summed E-state index contributed by atoms with van der Waals surface area (Å²) in [6.07, 6.45) is 1.06. The minimum atomic E-state index is 0.251. The van der Waals surface area contributed by atoms with Crippen LogP contribution in [0.4, 0.5) is 0 Å². The van der Waals surface area contributed by atoms with Crippen LogP contribution >= 0.6 is 0 Å². The summed E-state index contributed by atoms with van der Waals surface area (Å²) < 4.78 is 2.01. The summed E-state index contributed by atoms with van der Waals surface area (Å²) in [5.74, 6) is 0. The Bertz CT molecular complexity index is 538. The molecule has 0 bridgehead atoms. The van der Waals surface area contributed by atoms with Gasteiger partial charge in [0.05, 0.1) is 5.69 Å². The Kier molecular flexibility index (Phi) is 2.71. The van der Waals surface area contributed by atoms with E-state index in [0.29, 0.717) is 0 Å². The van der Waals surface area contributed by atoms with Crippen molar-refractivity contribution < 1.29 is 0 Å². The number of nitrogens with one attached hydrogen (secondary N) is 1. The molecule has 0 saturated carbocycles. The highest BCUT2D eigenvalue weighted by Crippen LogP contribution is 2.32. The molecule has 2 aromatic rings. The van der Waals surface area contributed by atoms with Crippen molar-refractivity contribution in [2.24, 2.45) is 7.05 Å². The van der Waals surface area contributed by atoms with Gasteiger partial charge in [0, 0.05) is 37.7 Å². The quantitative estimate of drug-likeness (QED) is 0.888. The lowest BCUT2D eigenvalue weighted by Crippen LogP contribution is -2.58. The van der Waals surface area contributed by atoms with Crippen molar-refractivity contribution in [3.05, 3.63) is 53.3 Å². The van der Waals surface area contributed by atoms with Gasteiger partial charge < -0.3 is 5.32 Å². The molecule has 0 amide bonds. The maximum atomic E-state index is 4.44. The molecule has 1 fully saturated rings. The average Bonchev–Trinajstić information content (AvgIpc) is 2.63. The number of aromatic nitrogens is 2. The zero-order chi connectivity index (χ0) is 12.6. The molecule has 1 aliphatic rings. The topological polar surface area (TPSA) is 29.9 Å². The fourth-order valence-corrected chi connectivity index (χ4v) is 2.83. The van der Waals surface area contributed by atoms with Crippen LogP contribution in [0.25, 0.3) is 0 Å². The molecular formula is C15H19N3. The van der Waals surface area contributed by atoms with E-state index in [1.165, 1.54) is 11.3 Å². The molecule has 1 aromatic heterocycles. The van der Waals surface area contributed by atoms with Gasteiger partial charge in [-0.2, -0.15) is 5.10 Å². The predicted octanol–water partition coefficient (Wildman–Crippen LogP) is 1.81. The third kappa shape index (κ3) is 1.85. The molecule has 1 saturated heterocycles. The number of nitrogens with zero attached hydrogens (tertiary/aromatic N) is 2. The highest BCUT2D eigenvalue weighted by Gasteiger charge is 2.39. The van der Waals surface area contributed by atoms with E-state index in [4.69, 9.17) is 0 Å². The summed E-state index contributed by atoms with van der Waals surface area (Å²) in [6.45, 7) is 4.17. The van der Waals surface area contributed by atoms with E-state index in [9.17, 15) is 0 Å². The van der Waals surface area contributed by atoms with E-state index in [1.807, 2.05) is 11.7 Å². The van der Waals surface area contributed by atoms with E-state index < -0.39 is 0 Å². The highest BCUT2D eigenvalue weighted by molar-refractivity contribution is 5.32. The van der Waals surface area contributed by atoms with Crippen molar-refractivity contribution in [3.63, 3.8) is 0 Å². The van der Waals surface area contributed by atoms with Gasteiger partial charge in [0.1, 0.15) is 0 Å². The molecule has 0 spiro atoms. The second-order valence-corrected chi connectivity index (χ2v) is 5.33. The molecule has 1 aliphatic heterocycles. The van der Waals surface area contributed by atoms with Crippen LogP contribution in [-0.2, 0) is 18.9 Å². The minimum absolute atomic E-state index is 0.251. The monoisotopic (exact) mass is 241 g/mol. The van der Waals surface area contributed by atoms with Gasteiger partial charge in [0.15, 0.2) is 0 Å². The molecule has 1 N–H and O–H groups in total. The summed E-state index contributed by atoms with van der Waals surface area (Å²) in [4.78, 5) is 0. The van der Waals surface area contributed by atoms with Crippen LogP contribution < -0.4 is 5.32 Å². The SMILES string of the molecule is Cc1cc(CC2(c3ccccc3)CNC2)n(C)n1. The van der Waals surface area contributed by atoms with E-state index in [1.54, 1.807) is 0 Å². The lowest BCUT2D eigenvalue weighted by atomic mass is 9.72. The standard InChI is InChI=1S/C15H19N3/c1-12-8-14(18(2)17-12)9-15(10-16-11-15)13-6-4-3-5-7-13/h3-8,16H,9-11H2,1-2H3. The zero-order valence-electron chi connectivity index (χ0n) is 11.0. The van der Waals surface area contributed by atoms with Gasteiger partial charge in [0.25, 0.3) is 0 Å². The first-order valence-corrected chi connectivity index (χ1v) is 6.45. The number of aryl methyl sites for hydroxylation is 2. The van der Waals surface area contributed by atoms with Crippen LogP contribution in [0.5, 0.6) is 0 Å². The van der Waals surface area contributed by atoms with Crippen molar-refractivity contribution in [3.8, 4) is 0 Å². The maximum Gasteiger partial charge on any atom is 0.0596 e. The van der Waals surface area contributed by atoms with E-state index >= 15 is 0 Å². The van der Waals surface area contributed by atoms with Crippen LogP contribution in [0, 0.1) is 6.92 Å². The molecule has 0 unspecified atom stereocenters. The molecule has 1 aromatic carbocycles. The van der Waals surface area contributed by atoms with Gasteiger partial charge in [0.2, 0.25) is 0 Å². The average molecular weight is 241 g/mol. The maximum absolute atomic E-state index is 4.44. The van der Waals surface area contributed by atoms with Gasteiger partial charge in [-0.3, -0.25) is 4.68 Å². The van der Waals surface area contributed by atoms with Gasteiger partial charge in [-0.1, -0.05) is 30.3 Å². The summed E-state index contributed by atoms with van der Waals surface area (Å²) >= 11 is 0. The highest BCUT2D eigenvalue weighted by atomic mass is 15.3. The predicted molar refractivity (Wildman–Crippen MR) is 72.6 cm³/mol. The molecule has 18 heavy (non-hydrogen) atoms. The Balaban J connectivity index is 1.92. The van der Waals surface area contributed by atoms with Gasteiger partial charge in [-0.15, -0.1) is 0 Å². The second kappa shape index (κ2) is 4.25. The van der Waals surface area contributed by atoms with Crippen LogP contribution in [0.15, 0.2) is 36.4 Å². The second-order valence-electron chi connectivity index (χ2n) is 5.33. The summed E-state index contributed by atoms with van der Waals surface area (Å²) in [5.41, 5.74) is 4.10. The third-order valence-corrected chi connectivity index (χ3v) is 3.93. The molecule has 3 rings (SSSR count). The molecule has 2 heterocycles. The van der Waals surface area contributed by atoms with Gasteiger partial charge >= 0.3 is 0 Å². The van der Waals surface area contributed by atoms with Crippen molar-refractivity contribution in [1.29, 1.82) is 0 Å². The minimum Gasteiger partial charge on any atom is -0.315 e. The van der Waals surface area contributed by atoms with Crippen molar-refractivity contribution >= 4 is 0 Å². The number of benzene rings is 1. The Morgan fingerprint density at radius 3 is 2.50 bits per heavy atom. The largest absolute Gasteiger partial charge is 0.315 e. The molecule has 0 radical (unpaired) electrons. The third-order valence-electron chi connectivity index (χ3n) is 3.93. The number of rotatable bonds is 3. The Hall–Kier alpha value is -1.61. The van der Waals surface area contributed by atoms with Crippen molar-refractivity contribution in [1.82, 2.24) is 15.1 Å². The van der Waals surface area contributed by atoms with Crippen LogP contribution in [0.3, 0.4) is 0 Å². The van der Waals surface area contributed by atoms with Crippen LogP contribution in [-0.4, -0.2) is 22.9 Å². The first-order chi connectivity index (χ1) is 8.70. The normalized spacial score (nSPS) is 17.4. The lowest BCUT2D eigenvalue weighted by Gasteiger charge is -2.43. The fourth-order valence-electron chi connectivity index (χ4n) is 2.83. The summed E-state index contributed by atoms with van der Waals surface area (Å²) in [6, 6.07) is 13.0. The summed E-state index contributed by atoms with van der Waals surface area (Å²) in [7, 11) is 2.03. The van der Waals surface area contributed by atoms with Crippen molar-refractivity contribution in [2.75, 3.05) is 13.1 Å². The zero-order valence-corrected chi connectivity index (χ0v) is 11.0. The van der Waals surface area contributed by atoms with Crippen LogP contribution in [0.2, 0.25) is 0 Å². The van der Waals surface area contributed by atoms with Crippen LogP contribution in [0.1, 0.15) is 17.0 Å². The van der Waals surface area contributed by atoms with Gasteiger partial charge in [-0.05, 0) is 18.6 Å². The first-order valence-electron chi connectivity index (χ1n) is 6.45. The molecule has 3 heteroatoms. The smallest absolute Gasteiger partial charge is 0.0596 e. The molecular weight excluding hydrogens is 222 g/mol. The first kappa shape index (κ1) is 11.5. The van der Waals surface area contributed by atoms with E-state index in [2.05, 4.69) is 53.7 Å². The summed E-state index contributed by atoms with van der Waals surface area (Å²) in [5, 5.41) is 7.86. The molecule has 94 valence electrons. The van der Waals surface area contributed by atoms with Crippen molar-refractivity contribution in [2.45, 2.75) is 18.8 Å². The van der Waals surface area contributed by atoms with Gasteiger partial charge in [-0.25, -0.2) is 0 Å². The number of hydrogen-bond acceptors (Lipinski definition) is 2. The molecule has 0 aliphatic carbocycles. The Morgan fingerprint density at radius 1 is 1.28 bits per heavy atom. The number of hydrogen-bond donors (Lipinski definition) is 1. The van der Waals surface area contributed by atoms with E-state index in [0.717, 1.165) is 25.2 Å². The van der Waals surface area contributed by atoms with E-state index in [-0.39, 0.29) is 5.41 Å². The lowest BCUT2D eigenvalue weighted by molar-refractivity contribution is 0.270. The Morgan fingerprint density at radius 2 is 2.00 bits per heavy atom. The fraction of sp³-hybridized carbons (Fsp3) is 0.400.